The monoisotopic (exact) mass is 380 g/mol. The minimum atomic E-state index is -3.34. The fraction of sp³-hybridized carbons (Fsp3) is 0.278. The minimum Gasteiger partial charge on any atom is -0.322 e. The number of carbonyl (C=O) groups excluding carboxylic acids is 1. The van der Waals surface area contributed by atoms with E-state index in [0.717, 1.165) is 5.56 Å². The molecule has 7 heteroatoms. The zero-order valence-electron chi connectivity index (χ0n) is 14.4. The molecule has 0 aromatic heterocycles. The third kappa shape index (κ3) is 4.32. The van der Waals surface area contributed by atoms with Gasteiger partial charge in [0.2, 0.25) is 10.0 Å². The molecule has 0 bridgehead atoms. The van der Waals surface area contributed by atoms with Crippen molar-refractivity contribution in [3.05, 3.63) is 58.6 Å². The van der Waals surface area contributed by atoms with Gasteiger partial charge < -0.3 is 5.32 Å². The van der Waals surface area contributed by atoms with Crippen molar-refractivity contribution < 1.29 is 13.2 Å². The van der Waals surface area contributed by atoms with Crippen LogP contribution in [0.15, 0.2) is 42.5 Å². The van der Waals surface area contributed by atoms with Crippen molar-refractivity contribution in [2.45, 2.75) is 20.8 Å². The number of carbonyl (C=O) groups is 1. The van der Waals surface area contributed by atoms with E-state index in [2.05, 4.69) is 5.32 Å². The maximum atomic E-state index is 12.4. The molecule has 0 heterocycles. The van der Waals surface area contributed by atoms with Crippen LogP contribution in [0, 0.1) is 6.92 Å². The summed E-state index contributed by atoms with van der Waals surface area (Å²) in [6.07, 6.45) is 0. The predicted molar refractivity (Wildman–Crippen MR) is 103 cm³/mol. The van der Waals surface area contributed by atoms with Crippen LogP contribution in [0.4, 0.5) is 11.4 Å². The lowest BCUT2D eigenvalue weighted by Crippen LogP contribution is -2.32. The third-order valence-electron chi connectivity index (χ3n) is 3.92. The molecule has 2 rings (SSSR count). The number of benzene rings is 2. The number of nitrogens with zero attached hydrogens (tertiary/aromatic N) is 1. The molecule has 0 radical (unpaired) electrons. The molecule has 134 valence electrons. The van der Waals surface area contributed by atoms with Crippen LogP contribution in [0.2, 0.25) is 5.02 Å². The topological polar surface area (TPSA) is 66.5 Å². The summed E-state index contributed by atoms with van der Waals surface area (Å²) in [7, 11) is -3.34. The third-order valence-corrected chi connectivity index (χ3v) is 6.20. The van der Waals surface area contributed by atoms with Crippen LogP contribution in [0.5, 0.6) is 0 Å². The van der Waals surface area contributed by atoms with Crippen molar-refractivity contribution in [2.75, 3.05) is 21.9 Å². The Hall–Kier alpha value is -2.05. The van der Waals surface area contributed by atoms with E-state index in [9.17, 15) is 13.2 Å². The lowest BCUT2D eigenvalue weighted by atomic mass is 10.1. The largest absolute Gasteiger partial charge is 0.322 e. The summed E-state index contributed by atoms with van der Waals surface area (Å²) in [4.78, 5) is 12.4. The van der Waals surface area contributed by atoms with E-state index >= 15 is 0 Å². The Morgan fingerprint density at radius 1 is 1.12 bits per heavy atom. The molecule has 25 heavy (non-hydrogen) atoms. The van der Waals surface area contributed by atoms with Crippen LogP contribution < -0.4 is 9.62 Å². The van der Waals surface area contributed by atoms with Crippen molar-refractivity contribution in [2.24, 2.45) is 0 Å². The van der Waals surface area contributed by atoms with Gasteiger partial charge in [0.15, 0.2) is 0 Å². The Morgan fingerprint density at radius 2 is 1.76 bits per heavy atom. The molecule has 0 atom stereocenters. The Kier molecular flexibility index (Phi) is 6.08. The molecule has 2 aromatic rings. The number of anilines is 2. The average Bonchev–Trinajstić information content (AvgIpc) is 2.60. The molecule has 5 nitrogen and oxygen atoms in total. The van der Waals surface area contributed by atoms with Gasteiger partial charge in [0.05, 0.1) is 11.4 Å². The number of rotatable bonds is 6. The summed E-state index contributed by atoms with van der Waals surface area (Å²) in [6, 6.07) is 11.8. The van der Waals surface area contributed by atoms with E-state index in [1.165, 1.54) is 4.31 Å². The molecule has 0 spiro atoms. The first-order chi connectivity index (χ1) is 11.8. The van der Waals surface area contributed by atoms with Gasteiger partial charge in [0.1, 0.15) is 0 Å². The molecular formula is C18H21ClN2O3S. The lowest BCUT2D eigenvalue weighted by molar-refractivity contribution is 0.102. The zero-order chi connectivity index (χ0) is 18.6. The molecule has 0 aliphatic heterocycles. The predicted octanol–water partition coefficient (Wildman–Crippen LogP) is 4.08. The summed E-state index contributed by atoms with van der Waals surface area (Å²) in [5.41, 5.74) is 2.42. The number of hydrogen-bond donors (Lipinski definition) is 1. The molecule has 0 saturated heterocycles. The van der Waals surface area contributed by atoms with Gasteiger partial charge in [0.25, 0.3) is 5.91 Å². The van der Waals surface area contributed by atoms with E-state index in [0.29, 0.717) is 28.5 Å². The first-order valence-electron chi connectivity index (χ1n) is 7.97. The summed E-state index contributed by atoms with van der Waals surface area (Å²) >= 11 is 6.06. The maximum absolute atomic E-state index is 12.4. The summed E-state index contributed by atoms with van der Waals surface area (Å²) < 4.78 is 25.5. The second-order valence-corrected chi connectivity index (χ2v) is 8.07. The molecule has 2 aromatic carbocycles. The van der Waals surface area contributed by atoms with Crippen molar-refractivity contribution >= 4 is 38.9 Å². The quantitative estimate of drug-likeness (QED) is 0.821. The second kappa shape index (κ2) is 7.89. The van der Waals surface area contributed by atoms with E-state index in [4.69, 9.17) is 11.6 Å². The number of sulfonamides is 1. The van der Waals surface area contributed by atoms with Gasteiger partial charge in [-0.05, 0) is 62.7 Å². The minimum absolute atomic E-state index is 0.0249. The standard InChI is InChI=1S/C18H21ClN2O3S/c1-4-21(25(23,24)5-2)15-11-9-14(10-12-15)18(22)20-17-8-6-7-16(19)13(17)3/h6-12H,4-5H2,1-3H3,(H,20,22). The Balaban J connectivity index is 2.22. The smallest absolute Gasteiger partial charge is 0.255 e. The van der Waals surface area contributed by atoms with E-state index in [1.54, 1.807) is 56.3 Å². The molecule has 0 saturated carbocycles. The number of nitrogens with one attached hydrogen (secondary N) is 1. The fourth-order valence-corrected chi connectivity index (χ4v) is 3.73. The van der Waals surface area contributed by atoms with Crippen LogP contribution in [0.25, 0.3) is 0 Å². The highest BCUT2D eigenvalue weighted by molar-refractivity contribution is 7.92. The van der Waals surface area contributed by atoms with Gasteiger partial charge in [0, 0.05) is 22.8 Å². The van der Waals surface area contributed by atoms with E-state index in [-0.39, 0.29) is 11.7 Å². The van der Waals surface area contributed by atoms with Crippen molar-refractivity contribution in [1.29, 1.82) is 0 Å². The first-order valence-corrected chi connectivity index (χ1v) is 9.95. The molecule has 0 aliphatic carbocycles. The fourth-order valence-electron chi connectivity index (χ4n) is 2.41. The van der Waals surface area contributed by atoms with Gasteiger partial charge >= 0.3 is 0 Å². The van der Waals surface area contributed by atoms with Crippen LogP contribution in [-0.2, 0) is 10.0 Å². The average molecular weight is 381 g/mol. The molecular weight excluding hydrogens is 360 g/mol. The van der Waals surface area contributed by atoms with Gasteiger partial charge in [-0.2, -0.15) is 0 Å². The van der Waals surface area contributed by atoms with Gasteiger partial charge in [-0.15, -0.1) is 0 Å². The first kappa shape index (κ1) is 19.3. The van der Waals surface area contributed by atoms with Gasteiger partial charge in [-0.25, -0.2) is 8.42 Å². The van der Waals surface area contributed by atoms with Crippen LogP contribution in [-0.4, -0.2) is 26.6 Å². The van der Waals surface area contributed by atoms with Crippen molar-refractivity contribution in [3.63, 3.8) is 0 Å². The van der Waals surface area contributed by atoms with Crippen molar-refractivity contribution in [1.82, 2.24) is 0 Å². The molecule has 1 amide bonds. The van der Waals surface area contributed by atoms with Crippen LogP contribution in [0.1, 0.15) is 29.8 Å². The number of amides is 1. The highest BCUT2D eigenvalue weighted by Crippen LogP contribution is 2.24. The summed E-state index contributed by atoms with van der Waals surface area (Å²) in [5.74, 6) is -0.254. The van der Waals surface area contributed by atoms with Crippen molar-refractivity contribution in [3.8, 4) is 0 Å². The Labute approximate surface area is 153 Å². The Bertz CT molecular complexity index is 864. The molecule has 0 fully saturated rings. The zero-order valence-corrected chi connectivity index (χ0v) is 16.0. The highest BCUT2D eigenvalue weighted by Gasteiger charge is 2.19. The molecule has 0 aliphatic rings. The normalized spacial score (nSPS) is 11.2. The van der Waals surface area contributed by atoms with E-state index in [1.807, 2.05) is 6.92 Å². The van der Waals surface area contributed by atoms with Crippen LogP contribution >= 0.6 is 11.6 Å². The summed E-state index contributed by atoms with van der Waals surface area (Å²) in [6.45, 7) is 5.54. The Morgan fingerprint density at radius 3 is 2.32 bits per heavy atom. The maximum Gasteiger partial charge on any atom is 0.255 e. The number of hydrogen-bond acceptors (Lipinski definition) is 3. The summed E-state index contributed by atoms with van der Waals surface area (Å²) in [5, 5.41) is 3.40. The SMILES string of the molecule is CCN(c1ccc(C(=O)Nc2cccc(Cl)c2C)cc1)S(=O)(=O)CC. The molecule has 1 N–H and O–H groups in total. The highest BCUT2D eigenvalue weighted by atomic mass is 35.5. The lowest BCUT2D eigenvalue weighted by Gasteiger charge is -2.22. The van der Waals surface area contributed by atoms with Gasteiger partial charge in [-0.1, -0.05) is 17.7 Å². The molecule has 0 unspecified atom stereocenters. The second-order valence-electron chi connectivity index (χ2n) is 5.48. The van der Waals surface area contributed by atoms with Crippen LogP contribution in [0.3, 0.4) is 0 Å². The van der Waals surface area contributed by atoms with Gasteiger partial charge in [-0.3, -0.25) is 9.10 Å². The number of halogens is 1. The van der Waals surface area contributed by atoms with E-state index < -0.39 is 10.0 Å².